The highest BCUT2D eigenvalue weighted by Gasteiger charge is 2.25. The first kappa shape index (κ1) is 25.0. The lowest BCUT2D eigenvalue weighted by Crippen LogP contribution is -2.48. The third-order valence-electron chi connectivity index (χ3n) is 4.71. The Bertz CT molecular complexity index is 837. The summed E-state index contributed by atoms with van der Waals surface area (Å²) < 4.78 is 10.6. The molecule has 1 aliphatic rings. The van der Waals surface area contributed by atoms with Gasteiger partial charge in [-0.3, -0.25) is 10.1 Å². The number of halogens is 1. The standard InChI is InChI=1S/C20H31N7O3.HI/c1-20(2,3)30-19(28)24-14-9-7-13(8-10-14)23-18(21-4)22-12-16-25-17(27-26-16)15-6-5-11-29-15;/h5-6,11,13-14H,7-10,12H2,1-4H3,(H,24,28)(H2,21,22,23)(H,25,26,27);1H. The number of alkyl carbamates (subject to hydrolysis) is 1. The largest absolute Gasteiger partial charge is 0.461 e. The van der Waals surface area contributed by atoms with Crippen LogP contribution in [0.25, 0.3) is 11.6 Å². The van der Waals surface area contributed by atoms with E-state index < -0.39 is 5.60 Å². The maximum Gasteiger partial charge on any atom is 0.407 e. The molecule has 1 amide bonds. The molecule has 2 aromatic heterocycles. The molecule has 31 heavy (non-hydrogen) atoms. The van der Waals surface area contributed by atoms with Gasteiger partial charge in [-0.05, 0) is 58.6 Å². The first-order valence-corrected chi connectivity index (χ1v) is 10.2. The number of nitrogens with zero attached hydrogens (tertiary/aromatic N) is 3. The van der Waals surface area contributed by atoms with Gasteiger partial charge in [0.1, 0.15) is 11.4 Å². The van der Waals surface area contributed by atoms with Gasteiger partial charge in [0.05, 0.1) is 12.8 Å². The van der Waals surface area contributed by atoms with Gasteiger partial charge in [-0.1, -0.05) is 0 Å². The van der Waals surface area contributed by atoms with E-state index in [1.165, 1.54) is 0 Å². The van der Waals surface area contributed by atoms with Crippen molar-refractivity contribution in [2.75, 3.05) is 7.05 Å². The highest BCUT2D eigenvalue weighted by Crippen LogP contribution is 2.19. The van der Waals surface area contributed by atoms with Crippen molar-refractivity contribution in [2.24, 2.45) is 4.99 Å². The Labute approximate surface area is 199 Å². The van der Waals surface area contributed by atoms with E-state index in [1.54, 1.807) is 19.4 Å². The molecule has 2 aromatic rings. The number of aliphatic imine (C=N–C) groups is 1. The SMILES string of the molecule is CN=C(NCc1nc(-c2ccco2)n[nH]1)NC1CCC(NC(=O)OC(C)(C)C)CC1.I. The van der Waals surface area contributed by atoms with Crippen LogP contribution in [-0.4, -0.2) is 52.0 Å². The lowest BCUT2D eigenvalue weighted by atomic mass is 9.91. The molecule has 0 bridgehead atoms. The lowest BCUT2D eigenvalue weighted by molar-refractivity contribution is 0.0490. The van der Waals surface area contributed by atoms with Crippen molar-refractivity contribution >= 4 is 36.0 Å². The minimum atomic E-state index is -0.483. The molecule has 0 aromatic carbocycles. The van der Waals surface area contributed by atoms with Crippen molar-refractivity contribution in [1.29, 1.82) is 0 Å². The van der Waals surface area contributed by atoms with Crippen molar-refractivity contribution in [2.45, 2.75) is 70.7 Å². The van der Waals surface area contributed by atoms with Crippen LogP contribution >= 0.6 is 24.0 Å². The van der Waals surface area contributed by atoms with Crippen molar-refractivity contribution < 1.29 is 13.9 Å². The van der Waals surface area contributed by atoms with Gasteiger partial charge in [-0.2, -0.15) is 0 Å². The van der Waals surface area contributed by atoms with Crippen LogP contribution in [0.3, 0.4) is 0 Å². The molecular formula is C20H32IN7O3. The molecular weight excluding hydrogens is 513 g/mol. The fraction of sp³-hybridized carbons (Fsp3) is 0.600. The highest BCUT2D eigenvalue weighted by atomic mass is 127. The maximum atomic E-state index is 11.9. The fourth-order valence-electron chi connectivity index (χ4n) is 3.30. The van der Waals surface area contributed by atoms with Crippen LogP contribution in [0.1, 0.15) is 52.3 Å². The predicted molar refractivity (Wildman–Crippen MR) is 128 cm³/mol. The van der Waals surface area contributed by atoms with E-state index in [-0.39, 0.29) is 36.1 Å². The first-order chi connectivity index (χ1) is 14.3. The average molecular weight is 545 g/mol. The fourth-order valence-corrected chi connectivity index (χ4v) is 3.30. The molecule has 0 saturated heterocycles. The summed E-state index contributed by atoms with van der Waals surface area (Å²) in [5.74, 6) is 2.54. The minimum absolute atomic E-state index is 0. The van der Waals surface area contributed by atoms with Crippen LogP contribution in [0.15, 0.2) is 27.8 Å². The molecule has 1 saturated carbocycles. The highest BCUT2D eigenvalue weighted by molar-refractivity contribution is 14.0. The summed E-state index contributed by atoms with van der Waals surface area (Å²) in [6.45, 7) is 6.05. The summed E-state index contributed by atoms with van der Waals surface area (Å²) >= 11 is 0. The number of furan rings is 1. The maximum absolute atomic E-state index is 11.9. The number of guanidine groups is 1. The van der Waals surface area contributed by atoms with E-state index in [9.17, 15) is 4.79 Å². The molecule has 1 fully saturated rings. The number of nitrogens with one attached hydrogen (secondary N) is 4. The van der Waals surface area contributed by atoms with Crippen molar-refractivity contribution in [3.63, 3.8) is 0 Å². The van der Waals surface area contributed by atoms with Crippen molar-refractivity contribution in [3.8, 4) is 11.6 Å². The zero-order valence-electron chi connectivity index (χ0n) is 18.4. The molecule has 172 valence electrons. The van der Waals surface area contributed by atoms with Gasteiger partial charge in [0, 0.05) is 19.1 Å². The number of rotatable bonds is 5. The number of ether oxygens (including phenoxy) is 1. The van der Waals surface area contributed by atoms with Gasteiger partial charge in [0.25, 0.3) is 0 Å². The summed E-state index contributed by atoms with van der Waals surface area (Å²) in [5.41, 5.74) is -0.483. The molecule has 3 rings (SSSR count). The second kappa shape index (κ2) is 11.3. The molecule has 0 spiro atoms. The molecule has 11 heteroatoms. The van der Waals surface area contributed by atoms with E-state index in [1.807, 2.05) is 26.8 Å². The van der Waals surface area contributed by atoms with E-state index in [0.717, 1.165) is 25.7 Å². The summed E-state index contributed by atoms with van der Waals surface area (Å²) in [5, 5.41) is 16.7. The van der Waals surface area contributed by atoms with Crippen LogP contribution < -0.4 is 16.0 Å². The lowest BCUT2D eigenvalue weighted by Gasteiger charge is -2.31. The molecule has 0 unspecified atom stereocenters. The second-order valence-electron chi connectivity index (χ2n) is 8.35. The number of H-pyrrole nitrogens is 1. The number of carbonyl (C=O) groups excluding carboxylic acids is 1. The predicted octanol–water partition coefficient (Wildman–Crippen LogP) is 3.18. The van der Waals surface area contributed by atoms with Gasteiger partial charge < -0.3 is 25.1 Å². The molecule has 2 heterocycles. The summed E-state index contributed by atoms with van der Waals surface area (Å²) in [4.78, 5) is 20.6. The van der Waals surface area contributed by atoms with E-state index in [4.69, 9.17) is 9.15 Å². The van der Waals surface area contributed by atoms with Crippen LogP contribution in [-0.2, 0) is 11.3 Å². The molecule has 0 atom stereocenters. The number of amides is 1. The smallest absolute Gasteiger partial charge is 0.407 e. The van der Waals surface area contributed by atoms with Crippen LogP contribution in [0.5, 0.6) is 0 Å². The van der Waals surface area contributed by atoms with E-state index in [2.05, 4.69) is 36.1 Å². The Balaban J connectivity index is 0.00000341. The first-order valence-electron chi connectivity index (χ1n) is 10.2. The van der Waals surface area contributed by atoms with Gasteiger partial charge >= 0.3 is 6.09 Å². The minimum Gasteiger partial charge on any atom is -0.461 e. The molecule has 0 radical (unpaired) electrons. The second-order valence-corrected chi connectivity index (χ2v) is 8.35. The van der Waals surface area contributed by atoms with Crippen molar-refractivity contribution in [3.05, 3.63) is 24.2 Å². The molecule has 4 N–H and O–H groups in total. The molecule has 1 aliphatic carbocycles. The average Bonchev–Trinajstić information content (AvgIpc) is 3.36. The van der Waals surface area contributed by atoms with Gasteiger partial charge in [-0.25, -0.2) is 9.78 Å². The van der Waals surface area contributed by atoms with E-state index >= 15 is 0 Å². The Morgan fingerprint density at radius 3 is 2.52 bits per heavy atom. The molecule has 10 nitrogen and oxygen atoms in total. The Morgan fingerprint density at radius 1 is 1.26 bits per heavy atom. The van der Waals surface area contributed by atoms with Crippen molar-refractivity contribution in [1.82, 2.24) is 31.1 Å². The summed E-state index contributed by atoms with van der Waals surface area (Å²) in [7, 11) is 1.74. The quantitative estimate of drug-likeness (QED) is 0.258. The Morgan fingerprint density at radius 2 is 1.94 bits per heavy atom. The third kappa shape index (κ3) is 8.04. The van der Waals surface area contributed by atoms with Crippen LogP contribution in [0.2, 0.25) is 0 Å². The van der Waals surface area contributed by atoms with E-state index in [0.29, 0.717) is 36.0 Å². The van der Waals surface area contributed by atoms with Crippen LogP contribution in [0.4, 0.5) is 4.79 Å². The number of carbonyl (C=O) groups is 1. The van der Waals surface area contributed by atoms with Gasteiger partial charge in [-0.15, -0.1) is 29.1 Å². The van der Waals surface area contributed by atoms with Gasteiger partial charge in [0.2, 0.25) is 5.82 Å². The Kier molecular flexibility index (Phi) is 9.14. The summed E-state index contributed by atoms with van der Waals surface area (Å²) in [6, 6.07) is 4.05. The third-order valence-corrected chi connectivity index (χ3v) is 4.71. The number of aromatic nitrogens is 3. The monoisotopic (exact) mass is 545 g/mol. The number of aromatic amines is 1. The topological polar surface area (TPSA) is 129 Å². The zero-order valence-corrected chi connectivity index (χ0v) is 20.7. The normalized spacial score (nSPS) is 19.3. The molecule has 0 aliphatic heterocycles. The van der Waals surface area contributed by atoms with Gasteiger partial charge in [0.15, 0.2) is 11.7 Å². The zero-order chi connectivity index (χ0) is 21.6. The summed E-state index contributed by atoms with van der Waals surface area (Å²) in [6.07, 6.45) is 4.90. The number of hydrogen-bond donors (Lipinski definition) is 4. The number of hydrogen-bond acceptors (Lipinski definition) is 6. The Hall–Kier alpha value is -2.31. The van der Waals surface area contributed by atoms with Crippen LogP contribution in [0, 0.1) is 0 Å².